The third-order valence-corrected chi connectivity index (χ3v) is 3.72. The molecule has 0 aromatic heterocycles. The molecule has 0 bridgehead atoms. The standard InChI is InChI=1S/C14H20N2S/c1-9-4-7-12(11(8-9)13(15)17)16-14(2,3)10-5-6-10/h4,7-8,10,16H,5-6H2,1-3H3,(H2,15,17). The zero-order chi connectivity index (χ0) is 12.6. The number of hydrogen-bond acceptors (Lipinski definition) is 2. The molecule has 1 fully saturated rings. The Bertz CT molecular complexity index is 448. The van der Waals surface area contributed by atoms with Gasteiger partial charge in [-0.1, -0.05) is 23.8 Å². The van der Waals surface area contributed by atoms with Crippen LogP contribution < -0.4 is 11.1 Å². The topological polar surface area (TPSA) is 38.0 Å². The van der Waals surface area contributed by atoms with E-state index >= 15 is 0 Å². The van der Waals surface area contributed by atoms with Crippen LogP contribution in [0.5, 0.6) is 0 Å². The zero-order valence-corrected chi connectivity index (χ0v) is 11.5. The van der Waals surface area contributed by atoms with Crippen molar-refractivity contribution in [3.8, 4) is 0 Å². The second-order valence-corrected chi connectivity index (χ2v) is 5.97. The SMILES string of the molecule is Cc1ccc(NC(C)(C)C2CC2)c(C(N)=S)c1. The molecule has 1 aliphatic rings. The van der Waals surface area contributed by atoms with E-state index < -0.39 is 0 Å². The molecule has 0 unspecified atom stereocenters. The summed E-state index contributed by atoms with van der Waals surface area (Å²) < 4.78 is 0. The predicted molar refractivity (Wildman–Crippen MR) is 77.5 cm³/mol. The van der Waals surface area contributed by atoms with E-state index in [1.807, 2.05) is 6.07 Å². The van der Waals surface area contributed by atoms with Crippen LogP contribution in [0, 0.1) is 12.8 Å². The van der Waals surface area contributed by atoms with Crippen molar-refractivity contribution in [1.82, 2.24) is 0 Å². The number of rotatable bonds is 4. The Hall–Kier alpha value is -1.09. The van der Waals surface area contributed by atoms with Gasteiger partial charge in [0.05, 0.1) is 0 Å². The summed E-state index contributed by atoms with van der Waals surface area (Å²) in [5, 5.41) is 3.59. The lowest BCUT2D eigenvalue weighted by Gasteiger charge is -2.29. The van der Waals surface area contributed by atoms with Crippen molar-refractivity contribution in [2.24, 2.45) is 11.7 Å². The van der Waals surface area contributed by atoms with Crippen molar-refractivity contribution in [3.63, 3.8) is 0 Å². The summed E-state index contributed by atoms with van der Waals surface area (Å²) in [7, 11) is 0. The number of nitrogens with two attached hydrogens (primary N) is 1. The number of hydrogen-bond donors (Lipinski definition) is 2. The molecule has 0 spiro atoms. The molecule has 1 saturated carbocycles. The molecule has 3 heteroatoms. The summed E-state index contributed by atoms with van der Waals surface area (Å²) in [5.41, 5.74) is 9.10. The first-order chi connectivity index (χ1) is 7.90. The number of thiocarbonyl (C=S) groups is 1. The van der Waals surface area contributed by atoms with Crippen molar-refractivity contribution in [3.05, 3.63) is 29.3 Å². The fourth-order valence-corrected chi connectivity index (χ4v) is 2.39. The van der Waals surface area contributed by atoms with E-state index in [2.05, 4.69) is 38.2 Å². The van der Waals surface area contributed by atoms with Gasteiger partial charge < -0.3 is 11.1 Å². The average Bonchev–Trinajstić information content (AvgIpc) is 3.03. The minimum atomic E-state index is 0.120. The number of nitrogens with one attached hydrogen (secondary N) is 1. The summed E-state index contributed by atoms with van der Waals surface area (Å²) in [6.07, 6.45) is 2.63. The smallest absolute Gasteiger partial charge is 0.106 e. The molecule has 0 amide bonds. The molecule has 92 valence electrons. The summed E-state index contributed by atoms with van der Waals surface area (Å²) in [4.78, 5) is 0.461. The van der Waals surface area contributed by atoms with Gasteiger partial charge in [0.25, 0.3) is 0 Å². The summed E-state index contributed by atoms with van der Waals surface area (Å²) in [6.45, 7) is 6.54. The third kappa shape index (κ3) is 2.78. The highest BCUT2D eigenvalue weighted by atomic mass is 32.1. The van der Waals surface area contributed by atoms with Gasteiger partial charge in [-0.2, -0.15) is 0 Å². The Balaban J connectivity index is 2.28. The first-order valence-corrected chi connectivity index (χ1v) is 6.49. The molecule has 0 aliphatic heterocycles. The van der Waals surface area contributed by atoms with E-state index in [0.717, 1.165) is 17.2 Å². The van der Waals surface area contributed by atoms with Gasteiger partial charge in [0.1, 0.15) is 4.99 Å². The summed E-state index contributed by atoms with van der Waals surface area (Å²) >= 11 is 5.12. The van der Waals surface area contributed by atoms with Crippen LogP contribution in [0.15, 0.2) is 18.2 Å². The molecule has 1 aromatic carbocycles. The average molecular weight is 248 g/mol. The minimum Gasteiger partial charge on any atom is -0.389 e. The highest BCUT2D eigenvalue weighted by Gasteiger charge is 2.37. The largest absolute Gasteiger partial charge is 0.389 e. The predicted octanol–water partition coefficient (Wildman–Crippen LogP) is 3.23. The normalized spacial score (nSPS) is 15.7. The summed E-state index contributed by atoms with van der Waals surface area (Å²) in [6, 6.07) is 6.22. The van der Waals surface area contributed by atoms with Gasteiger partial charge in [-0.15, -0.1) is 0 Å². The van der Waals surface area contributed by atoms with Crippen molar-refractivity contribution in [1.29, 1.82) is 0 Å². The van der Waals surface area contributed by atoms with Gasteiger partial charge >= 0.3 is 0 Å². The maximum atomic E-state index is 5.79. The molecule has 0 radical (unpaired) electrons. The highest BCUT2D eigenvalue weighted by Crippen LogP contribution is 2.41. The third-order valence-electron chi connectivity index (χ3n) is 3.50. The van der Waals surface area contributed by atoms with E-state index in [0.29, 0.717) is 4.99 Å². The van der Waals surface area contributed by atoms with Crippen LogP contribution in [0.4, 0.5) is 5.69 Å². The fraction of sp³-hybridized carbons (Fsp3) is 0.500. The Morgan fingerprint density at radius 1 is 1.41 bits per heavy atom. The lowest BCUT2D eigenvalue weighted by atomic mass is 9.97. The molecule has 3 N–H and O–H groups in total. The van der Waals surface area contributed by atoms with E-state index in [1.54, 1.807) is 0 Å². The first-order valence-electron chi connectivity index (χ1n) is 6.09. The molecular weight excluding hydrogens is 228 g/mol. The Morgan fingerprint density at radius 3 is 2.59 bits per heavy atom. The first kappa shape index (κ1) is 12.4. The molecule has 1 aliphatic carbocycles. The molecule has 2 nitrogen and oxygen atoms in total. The molecular formula is C14H20N2S. The number of aryl methyl sites for hydroxylation is 1. The van der Waals surface area contributed by atoms with Crippen LogP contribution in [-0.2, 0) is 0 Å². The van der Waals surface area contributed by atoms with Gasteiger partial charge in [0.15, 0.2) is 0 Å². The van der Waals surface area contributed by atoms with Gasteiger partial charge in [-0.3, -0.25) is 0 Å². The van der Waals surface area contributed by atoms with Crippen molar-refractivity contribution in [2.45, 2.75) is 39.2 Å². The zero-order valence-electron chi connectivity index (χ0n) is 10.7. The van der Waals surface area contributed by atoms with Crippen molar-refractivity contribution < 1.29 is 0 Å². The maximum Gasteiger partial charge on any atom is 0.106 e. The highest BCUT2D eigenvalue weighted by molar-refractivity contribution is 7.80. The van der Waals surface area contributed by atoms with Gasteiger partial charge in [-0.05, 0) is 51.7 Å². The van der Waals surface area contributed by atoms with Crippen molar-refractivity contribution in [2.75, 3.05) is 5.32 Å². The van der Waals surface area contributed by atoms with Crippen LogP contribution >= 0.6 is 12.2 Å². The molecule has 0 heterocycles. The molecule has 0 atom stereocenters. The Morgan fingerprint density at radius 2 is 2.06 bits per heavy atom. The number of benzene rings is 1. The van der Waals surface area contributed by atoms with Crippen LogP contribution in [0.1, 0.15) is 37.8 Å². The van der Waals surface area contributed by atoms with E-state index in [4.69, 9.17) is 18.0 Å². The summed E-state index contributed by atoms with van der Waals surface area (Å²) in [5.74, 6) is 0.767. The molecule has 17 heavy (non-hydrogen) atoms. The molecule has 2 rings (SSSR count). The minimum absolute atomic E-state index is 0.120. The second kappa shape index (κ2) is 4.30. The Kier molecular flexibility index (Phi) is 3.13. The monoisotopic (exact) mass is 248 g/mol. The molecule has 0 saturated heterocycles. The Labute approximate surface area is 109 Å². The number of anilines is 1. The lowest BCUT2D eigenvalue weighted by molar-refractivity contribution is 0.494. The lowest BCUT2D eigenvalue weighted by Crippen LogP contribution is -2.34. The quantitative estimate of drug-likeness (QED) is 0.803. The van der Waals surface area contributed by atoms with Gasteiger partial charge in [-0.25, -0.2) is 0 Å². The van der Waals surface area contributed by atoms with Gasteiger partial charge in [0, 0.05) is 16.8 Å². The van der Waals surface area contributed by atoms with Crippen LogP contribution in [0.3, 0.4) is 0 Å². The van der Waals surface area contributed by atoms with Crippen LogP contribution in [0.2, 0.25) is 0 Å². The second-order valence-electron chi connectivity index (χ2n) is 5.53. The van der Waals surface area contributed by atoms with E-state index in [9.17, 15) is 0 Å². The maximum absolute atomic E-state index is 5.79. The van der Waals surface area contributed by atoms with Crippen molar-refractivity contribution >= 4 is 22.9 Å². The molecule has 1 aromatic rings. The van der Waals surface area contributed by atoms with Crippen LogP contribution in [-0.4, -0.2) is 10.5 Å². The van der Waals surface area contributed by atoms with Crippen LogP contribution in [0.25, 0.3) is 0 Å². The fourth-order valence-electron chi connectivity index (χ4n) is 2.23. The van der Waals surface area contributed by atoms with E-state index in [-0.39, 0.29) is 5.54 Å². The van der Waals surface area contributed by atoms with Gasteiger partial charge in [0.2, 0.25) is 0 Å². The van der Waals surface area contributed by atoms with E-state index in [1.165, 1.54) is 18.4 Å².